The minimum absolute atomic E-state index is 0.120. The summed E-state index contributed by atoms with van der Waals surface area (Å²) in [6, 6.07) is 11.1. The van der Waals surface area contributed by atoms with Gasteiger partial charge in [-0.2, -0.15) is 0 Å². The summed E-state index contributed by atoms with van der Waals surface area (Å²) in [5.74, 6) is 0.680. The molecule has 0 spiro atoms. The molecule has 28 heavy (non-hydrogen) atoms. The van der Waals surface area contributed by atoms with Crippen LogP contribution in [0.2, 0.25) is 0 Å². The van der Waals surface area contributed by atoms with Crippen LogP contribution in [0, 0.1) is 0 Å². The monoisotopic (exact) mass is 395 g/mol. The number of unbranched alkanes of at least 4 members (excludes halogenated alkanes) is 3. The van der Waals surface area contributed by atoms with Crippen molar-refractivity contribution in [3.63, 3.8) is 0 Å². The van der Waals surface area contributed by atoms with E-state index in [1.54, 1.807) is 35.9 Å². The van der Waals surface area contributed by atoms with E-state index in [2.05, 4.69) is 22.2 Å². The SMILES string of the molecule is CCCCCCOc1ccc(C(=O)NCc2csc(-c3cccnc3)n2)cc1. The highest BCUT2D eigenvalue weighted by Gasteiger charge is 2.08. The number of benzene rings is 1. The van der Waals surface area contributed by atoms with Crippen molar-refractivity contribution < 1.29 is 9.53 Å². The first-order chi connectivity index (χ1) is 13.8. The first-order valence-electron chi connectivity index (χ1n) is 9.62. The second-order valence-electron chi connectivity index (χ2n) is 6.50. The second kappa shape index (κ2) is 10.6. The average molecular weight is 396 g/mol. The number of pyridine rings is 1. The Bertz CT molecular complexity index is 863. The Morgan fingerprint density at radius 3 is 2.75 bits per heavy atom. The van der Waals surface area contributed by atoms with Gasteiger partial charge in [0.1, 0.15) is 10.8 Å². The maximum Gasteiger partial charge on any atom is 0.251 e. The molecule has 1 amide bonds. The third kappa shape index (κ3) is 5.89. The summed E-state index contributed by atoms with van der Waals surface area (Å²) >= 11 is 1.55. The van der Waals surface area contributed by atoms with Crippen LogP contribution < -0.4 is 10.1 Å². The van der Waals surface area contributed by atoms with Crippen LogP contribution in [0.5, 0.6) is 5.75 Å². The van der Waals surface area contributed by atoms with E-state index >= 15 is 0 Å². The zero-order valence-corrected chi connectivity index (χ0v) is 16.9. The van der Waals surface area contributed by atoms with E-state index in [4.69, 9.17) is 4.74 Å². The summed E-state index contributed by atoms with van der Waals surface area (Å²) in [6.07, 6.45) is 8.23. The molecule has 0 aliphatic heterocycles. The molecule has 146 valence electrons. The van der Waals surface area contributed by atoms with Gasteiger partial charge >= 0.3 is 0 Å². The van der Waals surface area contributed by atoms with Gasteiger partial charge < -0.3 is 10.1 Å². The van der Waals surface area contributed by atoms with Crippen molar-refractivity contribution >= 4 is 17.2 Å². The molecule has 1 N–H and O–H groups in total. The number of hydrogen-bond donors (Lipinski definition) is 1. The lowest BCUT2D eigenvalue weighted by atomic mass is 10.2. The van der Waals surface area contributed by atoms with Crippen LogP contribution in [-0.2, 0) is 6.54 Å². The van der Waals surface area contributed by atoms with E-state index in [1.807, 2.05) is 29.6 Å². The molecule has 0 radical (unpaired) electrons. The summed E-state index contributed by atoms with van der Waals surface area (Å²) < 4.78 is 5.72. The summed E-state index contributed by atoms with van der Waals surface area (Å²) in [4.78, 5) is 21.0. The smallest absolute Gasteiger partial charge is 0.251 e. The van der Waals surface area contributed by atoms with Gasteiger partial charge in [-0.05, 0) is 42.8 Å². The van der Waals surface area contributed by atoms with E-state index in [9.17, 15) is 4.79 Å². The molecule has 0 atom stereocenters. The normalized spacial score (nSPS) is 10.6. The fraction of sp³-hybridized carbons (Fsp3) is 0.318. The molecule has 5 nitrogen and oxygen atoms in total. The van der Waals surface area contributed by atoms with Crippen molar-refractivity contribution in [2.75, 3.05) is 6.61 Å². The van der Waals surface area contributed by atoms with Crippen LogP contribution >= 0.6 is 11.3 Å². The molecule has 0 unspecified atom stereocenters. The number of nitrogens with zero attached hydrogens (tertiary/aromatic N) is 2. The van der Waals surface area contributed by atoms with Gasteiger partial charge in [0.15, 0.2) is 0 Å². The predicted molar refractivity (Wildman–Crippen MR) is 113 cm³/mol. The first-order valence-corrected chi connectivity index (χ1v) is 10.5. The van der Waals surface area contributed by atoms with Crippen LogP contribution in [0.3, 0.4) is 0 Å². The van der Waals surface area contributed by atoms with Gasteiger partial charge in [-0.25, -0.2) is 4.98 Å². The Morgan fingerprint density at radius 1 is 1.14 bits per heavy atom. The number of amides is 1. The molecular formula is C22H25N3O2S. The van der Waals surface area contributed by atoms with E-state index in [-0.39, 0.29) is 5.91 Å². The Balaban J connectivity index is 1.46. The highest BCUT2D eigenvalue weighted by atomic mass is 32.1. The number of carbonyl (C=O) groups is 1. The van der Waals surface area contributed by atoms with Gasteiger partial charge in [0, 0.05) is 28.9 Å². The van der Waals surface area contributed by atoms with Crippen molar-refractivity contribution in [1.82, 2.24) is 15.3 Å². The van der Waals surface area contributed by atoms with Crippen molar-refractivity contribution in [2.24, 2.45) is 0 Å². The van der Waals surface area contributed by atoms with E-state index < -0.39 is 0 Å². The molecule has 2 aromatic heterocycles. The molecule has 0 bridgehead atoms. The highest BCUT2D eigenvalue weighted by Crippen LogP contribution is 2.22. The molecule has 0 saturated carbocycles. The lowest BCUT2D eigenvalue weighted by Crippen LogP contribution is -2.22. The summed E-state index contributed by atoms with van der Waals surface area (Å²) in [5, 5.41) is 5.77. The fourth-order valence-corrected chi connectivity index (χ4v) is 3.51. The Kier molecular flexibility index (Phi) is 7.55. The third-order valence-electron chi connectivity index (χ3n) is 4.27. The number of aromatic nitrogens is 2. The molecule has 1 aromatic carbocycles. The van der Waals surface area contributed by atoms with Crippen molar-refractivity contribution in [2.45, 2.75) is 39.2 Å². The maximum atomic E-state index is 12.4. The lowest BCUT2D eigenvalue weighted by Gasteiger charge is -2.07. The van der Waals surface area contributed by atoms with Gasteiger partial charge in [-0.1, -0.05) is 26.2 Å². The molecule has 6 heteroatoms. The van der Waals surface area contributed by atoms with Crippen LogP contribution in [0.4, 0.5) is 0 Å². The van der Waals surface area contributed by atoms with Crippen molar-refractivity contribution in [1.29, 1.82) is 0 Å². The highest BCUT2D eigenvalue weighted by molar-refractivity contribution is 7.13. The quantitative estimate of drug-likeness (QED) is 0.485. The first kappa shape index (κ1) is 20.0. The number of nitrogens with one attached hydrogen (secondary N) is 1. The molecule has 3 aromatic rings. The molecule has 3 rings (SSSR count). The van der Waals surface area contributed by atoms with Crippen LogP contribution in [0.15, 0.2) is 54.2 Å². The van der Waals surface area contributed by atoms with E-state index in [1.165, 1.54) is 19.3 Å². The Morgan fingerprint density at radius 2 is 2.00 bits per heavy atom. The van der Waals surface area contributed by atoms with Crippen LogP contribution in [0.25, 0.3) is 10.6 Å². The second-order valence-corrected chi connectivity index (χ2v) is 7.36. The summed E-state index contributed by atoms with van der Waals surface area (Å²) in [7, 11) is 0. The molecule has 0 aliphatic rings. The van der Waals surface area contributed by atoms with Crippen molar-refractivity contribution in [3.05, 3.63) is 65.4 Å². The topological polar surface area (TPSA) is 64.1 Å². The van der Waals surface area contributed by atoms with Crippen molar-refractivity contribution in [3.8, 4) is 16.3 Å². The van der Waals surface area contributed by atoms with Gasteiger partial charge in [0.25, 0.3) is 5.91 Å². The number of carbonyl (C=O) groups excluding carboxylic acids is 1. The molecular weight excluding hydrogens is 370 g/mol. The zero-order chi connectivity index (χ0) is 19.6. The van der Waals surface area contributed by atoms with Gasteiger partial charge in [0.05, 0.1) is 18.8 Å². The number of ether oxygens (including phenoxy) is 1. The summed E-state index contributed by atoms with van der Waals surface area (Å²) in [5.41, 5.74) is 2.43. The number of hydrogen-bond acceptors (Lipinski definition) is 5. The molecule has 0 aliphatic carbocycles. The average Bonchev–Trinajstić information content (AvgIpc) is 3.22. The largest absolute Gasteiger partial charge is 0.494 e. The van der Waals surface area contributed by atoms with Crippen LogP contribution in [-0.4, -0.2) is 22.5 Å². The van der Waals surface area contributed by atoms with Gasteiger partial charge in [-0.15, -0.1) is 11.3 Å². The predicted octanol–water partition coefficient (Wildman–Crippen LogP) is 5.09. The lowest BCUT2D eigenvalue weighted by molar-refractivity contribution is 0.0950. The van der Waals surface area contributed by atoms with Gasteiger partial charge in [0.2, 0.25) is 0 Å². The van der Waals surface area contributed by atoms with E-state index in [0.717, 1.165) is 28.4 Å². The maximum absolute atomic E-state index is 12.4. The number of thiazole rings is 1. The molecule has 0 saturated heterocycles. The Labute approximate surface area is 169 Å². The van der Waals surface area contributed by atoms with E-state index in [0.29, 0.717) is 18.7 Å². The molecule has 0 fully saturated rings. The van der Waals surface area contributed by atoms with Gasteiger partial charge in [-0.3, -0.25) is 9.78 Å². The zero-order valence-electron chi connectivity index (χ0n) is 16.1. The Hall–Kier alpha value is -2.73. The standard InChI is InChI=1S/C22H25N3O2S/c1-2-3-4-5-13-27-20-10-8-17(9-11-20)21(26)24-15-19-16-28-22(25-19)18-7-6-12-23-14-18/h6-12,14,16H,2-5,13,15H2,1H3,(H,24,26). The fourth-order valence-electron chi connectivity index (χ4n) is 2.70. The summed E-state index contributed by atoms with van der Waals surface area (Å²) in [6.45, 7) is 3.30. The molecule has 2 heterocycles. The number of rotatable bonds is 10. The van der Waals surface area contributed by atoms with Crippen LogP contribution in [0.1, 0.15) is 48.7 Å². The third-order valence-corrected chi connectivity index (χ3v) is 5.21. The minimum Gasteiger partial charge on any atom is -0.494 e. The minimum atomic E-state index is -0.120.